The first-order valence-corrected chi connectivity index (χ1v) is 5.40. The molecule has 8 heteroatoms. The van der Waals surface area contributed by atoms with Crippen LogP contribution in [0.2, 0.25) is 0 Å². The van der Waals surface area contributed by atoms with Gasteiger partial charge in [0, 0.05) is 0 Å². The lowest BCUT2D eigenvalue weighted by molar-refractivity contribution is -0.422. The van der Waals surface area contributed by atoms with Crippen molar-refractivity contribution >= 4 is 11.9 Å². The van der Waals surface area contributed by atoms with Crippen molar-refractivity contribution in [2.75, 3.05) is 13.7 Å². The maximum Gasteiger partial charge on any atom is 0.411 e. The van der Waals surface area contributed by atoms with Crippen LogP contribution >= 0.6 is 0 Å². The highest BCUT2D eigenvalue weighted by Gasteiger charge is 2.36. The number of carbonyl (C=O) groups excluding carboxylic acids is 2. The molecule has 0 unspecified atom stereocenters. The summed E-state index contributed by atoms with van der Waals surface area (Å²) < 4.78 is 9.13. The van der Waals surface area contributed by atoms with Crippen molar-refractivity contribution in [1.29, 1.82) is 0 Å². The number of allylic oxidation sites excluding steroid dienone is 1. The van der Waals surface area contributed by atoms with Crippen LogP contribution in [-0.2, 0) is 19.1 Å². The number of hydrogen-bond donors (Lipinski definition) is 1. The van der Waals surface area contributed by atoms with Gasteiger partial charge in [-0.2, -0.15) is 0 Å². The molecular weight excluding hydrogens is 244 g/mol. The fourth-order valence-electron chi connectivity index (χ4n) is 1.66. The minimum absolute atomic E-state index is 0.0455. The molecule has 0 aliphatic carbocycles. The zero-order valence-electron chi connectivity index (χ0n) is 10.1. The summed E-state index contributed by atoms with van der Waals surface area (Å²) in [6.45, 7) is 1.60. The maximum absolute atomic E-state index is 11.4. The zero-order valence-corrected chi connectivity index (χ0v) is 10.1. The molecule has 8 nitrogen and oxygen atoms in total. The van der Waals surface area contributed by atoms with Crippen molar-refractivity contribution < 1.29 is 24.0 Å². The number of carbonyl (C=O) groups is 2. The quantitative estimate of drug-likeness (QED) is 0.326. The molecule has 0 saturated carbocycles. The Morgan fingerprint density at radius 3 is 2.72 bits per heavy atom. The molecule has 0 bridgehead atoms. The lowest BCUT2D eigenvalue weighted by atomic mass is 10.2. The van der Waals surface area contributed by atoms with Gasteiger partial charge in [0.15, 0.2) is 0 Å². The van der Waals surface area contributed by atoms with E-state index in [1.807, 2.05) is 0 Å². The summed E-state index contributed by atoms with van der Waals surface area (Å²) in [7, 11) is 1.23. The molecule has 1 heterocycles. The summed E-state index contributed by atoms with van der Waals surface area (Å²) in [6.07, 6.45) is 0.577. The Morgan fingerprint density at radius 2 is 2.22 bits per heavy atom. The molecule has 0 radical (unpaired) electrons. The molecule has 1 fully saturated rings. The summed E-state index contributed by atoms with van der Waals surface area (Å²) in [5.41, 5.74) is -0.544. The standard InChI is InChI=1S/C10H14N2O6/c1-3-18-10(14)8(12(15)16)6-4-5-7(11-6)9(13)17-2/h7,11H,3-5H2,1-2H3/b8-6+/t7-/m1/s1. The summed E-state index contributed by atoms with van der Waals surface area (Å²) >= 11 is 0. The van der Waals surface area contributed by atoms with Gasteiger partial charge in [-0.3, -0.25) is 10.1 Å². The first-order valence-electron chi connectivity index (χ1n) is 5.40. The number of hydrogen-bond acceptors (Lipinski definition) is 7. The number of esters is 2. The van der Waals surface area contributed by atoms with E-state index in [1.54, 1.807) is 6.92 Å². The zero-order chi connectivity index (χ0) is 13.7. The predicted molar refractivity (Wildman–Crippen MR) is 58.8 cm³/mol. The molecule has 1 aliphatic heterocycles. The third kappa shape index (κ3) is 2.96. The van der Waals surface area contributed by atoms with Crippen LogP contribution in [0.5, 0.6) is 0 Å². The predicted octanol–water partition coefficient (Wildman–Crippen LogP) is -0.0372. The smallest absolute Gasteiger partial charge is 0.411 e. The van der Waals surface area contributed by atoms with Crippen molar-refractivity contribution in [2.45, 2.75) is 25.8 Å². The number of rotatable bonds is 4. The second-order valence-electron chi connectivity index (χ2n) is 3.56. The van der Waals surface area contributed by atoms with Crippen molar-refractivity contribution in [3.63, 3.8) is 0 Å². The fraction of sp³-hybridized carbons (Fsp3) is 0.600. The van der Waals surface area contributed by atoms with Gasteiger partial charge in [-0.1, -0.05) is 0 Å². The monoisotopic (exact) mass is 258 g/mol. The highest BCUT2D eigenvalue weighted by Crippen LogP contribution is 2.21. The Balaban J connectivity index is 2.92. The molecule has 1 saturated heterocycles. The Morgan fingerprint density at radius 1 is 1.56 bits per heavy atom. The third-order valence-electron chi connectivity index (χ3n) is 2.45. The van der Waals surface area contributed by atoms with E-state index >= 15 is 0 Å². The minimum atomic E-state index is -1.00. The van der Waals surface area contributed by atoms with Crippen molar-refractivity contribution in [1.82, 2.24) is 5.32 Å². The maximum atomic E-state index is 11.4. The van der Waals surface area contributed by atoms with E-state index < -0.39 is 28.6 Å². The second kappa shape index (κ2) is 5.99. The van der Waals surface area contributed by atoms with Gasteiger partial charge >= 0.3 is 17.6 Å². The molecule has 1 rings (SSSR count). The van der Waals surface area contributed by atoms with Gasteiger partial charge in [-0.15, -0.1) is 0 Å². The molecule has 100 valence electrons. The average molecular weight is 258 g/mol. The van der Waals surface area contributed by atoms with E-state index in [2.05, 4.69) is 14.8 Å². The first kappa shape index (κ1) is 13.9. The van der Waals surface area contributed by atoms with Crippen LogP contribution in [0.25, 0.3) is 0 Å². The molecule has 0 aromatic rings. The lowest BCUT2D eigenvalue weighted by Gasteiger charge is -2.08. The van der Waals surface area contributed by atoms with Crippen LogP contribution in [0.15, 0.2) is 11.4 Å². The van der Waals surface area contributed by atoms with Crippen molar-refractivity contribution in [3.8, 4) is 0 Å². The van der Waals surface area contributed by atoms with Gasteiger partial charge in [0.2, 0.25) is 0 Å². The lowest BCUT2D eigenvalue weighted by Crippen LogP contribution is -2.32. The summed E-state index contributed by atoms with van der Waals surface area (Å²) in [4.78, 5) is 32.7. The molecule has 0 amide bonds. The van der Waals surface area contributed by atoms with E-state index in [0.717, 1.165) is 0 Å². The highest BCUT2D eigenvalue weighted by atomic mass is 16.6. The van der Waals surface area contributed by atoms with Crippen molar-refractivity contribution in [2.24, 2.45) is 0 Å². The van der Waals surface area contributed by atoms with Crippen LogP contribution in [0.3, 0.4) is 0 Å². The topological polar surface area (TPSA) is 108 Å². The van der Waals surface area contributed by atoms with Crippen LogP contribution in [0.4, 0.5) is 0 Å². The van der Waals surface area contributed by atoms with E-state index in [9.17, 15) is 19.7 Å². The second-order valence-corrected chi connectivity index (χ2v) is 3.56. The Hall–Kier alpha value is -2.12. The van der Waals surface area contributed by atoms with Gasteiger partial charge in [-0.05, 0) is 19.8 Å². The van der Waals surface area contributed by atoms with Gasteiger partial charge in [0.25, 0.3) is 0 Å². The van der Waals surface area contributed by atoms with Crippen LogP contribution in [0, 0.1) is 10.1 Å². The van der Waals surface area contributed by atoms with E-state index in [1.165, 1.54) is 7.11 Å². The third-order valence-corrected chi connectivity index (χ3v) is 2.45. The van der Waals surface area contributed by atoms with E-state index in [4.69, 9.17) is 0 Å². The van der Waals surface area contributed by atoms with Crippen LogP contribution in [0.1, 0.15) is 19.8 Å². The van der Waals surface area contributed by atoms with Gasteiger partial charge in [-0.25, -0.2) is 9.59 Å². The van der Waals surface area contributed by atoms with Gasteiger partial charge in [0.05, 0.1) is 24.3 Å². The average Bonchev–Trinajstić information content (AvgIpc) is 2.77. The first-order chi connectivity index (χ1) is 8.51. The van der Waals surface area contributed by atoms with E-state index in [0.29, 0.717) is 6.42 Å². The van der Waals surface area contributed by atoms with E-state index in [-0.39, 0.29) is 18.7 Å². The fourth-order valence-corrected chi connectivity index (χ4v) is 1.66. The Labute approximate surface area is 103 Å². The van der Waals surface area contributed by atoms with Crippen LogP contribution < -0.4 is 5.32 Å². The molecule has 0 spiro atoms. The normalized spacial score (nSPS) is 20.9. The number of ether oxygens (including phenoxy) is 2. The number of nitrogens with one attached hydrogen (secondary N) is 1. The molecule has 1 aliphatic rings. The largest absolute Gasteiger partial charge is 0.467 e. The molecule has 1 N–H and O–H groups in total. The molecule has 0 aromatic carbocycles. The van der Waals surface area contributed by atoms with Gasteiger partial charge in [0.1, 0.15) is 6.04 Å². The number of methoxy groups -OCH3 is 1. The highest BCUT2D eigenvalue weighted by molar-refractivity contribution is 5.87. The number of nitrogens with zero attached hydrogens (tertiary/aromatic N) is 1. The molecule has 1 atom stereocenters. The minimum Gasteiger partial charge on any atom is -0.467 e. The van der Waals surface area contributed by atoms with Crippen LogP contribution in [-0.4, -0.2) is 36.6 Å². The summed E-state index contributed by atoms with van der Waals surface area (Å²) in [5.74, 6) is -1.52. The Bertz CT molecular complexity index is 403. The SMILES string of the molecule is CCOC(=O)/C(=C1/CC[C@H](C(=O)OC)N1)[N+](=O)[O-]. The molecule has 18 heavy (non-hydrogen) atoms. The Kier molecular flexibility index (Phi) is 4.64. The molecule has 0 aromatic heterocycles. The number of nitro groups is 1. The van der Waals surface area contributed by atoms with Gasteiger partial charge < -0.3 is 14.8 Å². The summed E-state index contributed by atoms with van der Waals surface area (Å²) in [6, 6.07) is -0.658. The summed E-state index contributed by atoms with van der Waals surface area (Å²) in [5, 5.41) is 13.5. The van der Waals surface area contributed by atoms with Crippen molar-refractivity contribution in [3.05, 3.63) is 21.5 Å². The molecular formula is C10H14N2O6.